The molecule has 2 heterocycles. The molecule has 0 saturated heterocycles. The van der Waals surface area contributed by atoms with Crippen LogP contribution in [0.15, 0.2) is 41.0 Å². The second kappa shape index (κ2) is 7.55. The molecule has 1 aromatic carbocycles. The zero-order chi connectivity index (χ0) is 21.5. The summed E-state index contributed by atoms with van der Waals surface area (Å²) in [6.45, 7) is 7.25. The minimum Gasteiger partial charge on any atom is -0.503 e. The molecule has 0 bridgehead atoms. The molecule has 0 fully saturated rings. The van der Waals surface area contributed by atoms with Crippen molar-refractivity contribution in [1.82, 2.24) is 0 Å². The van der Waals surface area contributed by atoms with Gasteiger partial charge >= 0.3 is 0 Å². The van der Waals surface area contributed by atoms with E-state index in [9.17, 15) is 14.7 Å². The average molecular weight is 416 g/mol. The number of aliphatic hydroxyl groups excluding tert-OH is 1. The van der Waals surface area contributed by atoms with E-state index in [0.717, 1.165) is 10.4 Å². The second-order valence-electron chi connectivity index (χ2n) is 7.96. The number of amides is 1. The Bertz CT molecular complexity index is 977. The molecule has 0 aliphatic carbocycles. The molecule has 1 amide bonds. The van der Waals surface area contributed by atoms with E-state index >= 15 is 0 Å². The number of Topliss-reactive ketones (excluding diaryl/α,β-unsaturated/α-hetero) is 1. The van der Waals surface area contributed by atoms with Gasteiger partial charge in [0.1, 0.15) is 17.5 Å². The highest BCUT2D eigenvalue weighted by Crippen LogP contribution is 2.46. The third kappa shape index (κ3) is 3.62. The first kappa shape index (κ1) is 20.9. The lowest BCUT2D eigenvalue weighted by Crippen LogP contribution is -2.32. The highest BCUT2D eigenvalue weighted by Gasteiger charge is 2.47. The van der Waals surface area contributed by atoms with Crippen LogP contribution in [0.25, 0.3) is 0 Å². The SMILES string of the molecule is COc1cc(OC)cc(N2C(=O)C(O)=C(C(=O)C(C)(C)C)C2c2sccc2C)c1. The zero-order valence-electron chi connectivity index (χ0n) is 17.4. The molecule has 0 saturated carbocycles. The summed E-state index contributed by atoms with van der Waals surface area (Å²) >= 11 is 1.45. The van der Waals surface area contributed by atoms with Gasteiger partial charge in [-0.15, -0.1) is 11.3 Å². The van der Waals surface area contributed by atoms with Crippen molar-refractivity contribution in [3.05, 3.63) is 51.4 Å². The van der Waals surface area contributed by atoms with E-state index in [-0.39, 0.29) is 11.4 Å². The summed E-state index contributed by atoms with van der Waals surface area (Å²) in [4.78, 5) is 28.6. The number of ketones is 1. The van der Waals surface area contributed by atoms with Crippen molar-refractivity contribution in [2.75, 3.05) is 19.1 Å². The fourth-order valence-corrected chi connectivity index (χ4v) is 4.38. The molecule has 1 N–H and O–H groups in total. The van der Waals surface area contributed by atoms with Crippen molar-refractivity contribution >= 4 is 28.7 Å². The lowest BCUT2D eigenvalue weighted by molar-refractivity contribution is -0.123. The number of ether oxygens (including phenoxy) is 2. The van der Waals surface area contributed by atoms with Crippen LogP contribution in [0.4, 0.5) is 5.69 Å². The van der Waals surface area contributed by atoms with Gasteiger partial charge in [-0.05, 0) is 23.9 Å². The van der Waals surface area contributed by atoms with Crippen LogP contribution >= 0.6 is 11.3 Å². The smallest absolute Gasteiger partial charge is 0.294 e. The number of aliphatic hydroxyl groups is 1. The summed E-state index contributed by atoms with van der Waals surface area (Å²) in [5, 5.41) is 12.7. The van der Waals surface area contributed by atoms with Crippen molar-refractivity contribution in [2.24, 2.45) is 5.41 Å². The predicted molar refractivity (Wildman–Crippen MR) is 113 cm³/mol. The van der Waals surface area contributed by atoms with Crippen molar-refractivity contribution in [2.45, 2.75) is 33.7 Å². The number of thiophene rings is 1. The largest absolute Gasteiger partial charge is 0.503 e. The number of hydrogen-bond donors (Lipinski definition) is 1. The van der Waals surface area contributed by atoms with E-state index in [1.165, 1.54) is 30.5 Å². The standard InChI is InChI=1S/C22H25NO5S/c1-12-7-8-29-19(12)17-16(20(25)22(2,3)4)18(24)21(26)23(17)13-9-14(27-5)11-15(10-13)28-6/h7-11,17,24H,1-6H3. The maximum absolute atomic E-state index is 13.2. The van der Waals surface area contributed by atoms with Crippen molar-refractivity contribution in [3.8, 4) is 11.5 Å². The molecule has 2 aromatic rings. The van der Waals surface area contributed by atoms with Gasteiger partial charge in [-0.2, -0.15) is 0 Å². The molecule has 0 spiro atoms. The zero-order valence-corrected chi connectivity index (χ0v) is 18.2. The molecule has 1 atom stereocenters. The first-order chi connectivity index (χ1) is 13.6. The molecule has 154 valence electrons. The molecule has 1 unspecified atom stereocenters. The Morgan fingerprint density at radius 2 is 1.72 bits per heavy atom. The Morgan fingerprint density at radius 3 is 2.17 bits per heavy atom. The second-order valence-corrected chi connectivity index (χ2v) is 8.91. The van der Waals surface area contributed by atoms with Crippen LogP contribution in [0.3, 0.4) is 0 Å². The van der Waals surface area contributed by atoms with Crippen molar-refractivity contribution < 1.29 is 24.2 Å². The third-order valence-electron chi connectivity index (χ3n) is 4.90. The van der Waals surface area contributed by atoms with Crippen LogP contribution in [0.5, 0.6) is 11.5 Å². The summed E-state index contributed by atoms with van der Waals surface area (Å²) in [6, 6.07) is 6.29. The van der Waals surface area contributed by atoms with Crippen LogP contribution in [0, 0.1) is 12.3 Å². The van der Waals surface area contributed by atoms with Crippen LogP contribution in [-0.4, -0.2) is 31.0 Å². The Labute approximate surface area is 174 Å². The molecule has 1 aliphatic rings. The average Bonchev–Trinajstić information content (AvgIpc) is 3.20. The van der Waals surface area contributed by atoms with Crippen LogP contribution < -0.4 is 14.4 Å². The van der Waals surface area contributed by atoms with E-state index < -0.39 is 23.1 Å². The summed E-state index contributed by atoms with van der Waals surface area (Å²) < 4.78 is 10.7. The number of carbonyl (C=O) groups is 2. The van der Waals surface area contributed by atoms with E-state index in [4.69, 9.17) is 9.47 Å². The molecule has 6 nitrogen and oxygen atoms in total. The van der Waals surface area contributed by atoms with E-state index in [1.54, 1.807) is 39.0 Å². The molecule has 29 heavy (non-hydrogen) atoms. The summed E-state index contributed by atoms with van der Waals surface area (Å²) in [5.74, 6) is -0.387. The Hall–Kier alpha value is -2.80. The maximum atomic E-state index is 13.2. The molecular formula is C22H25NO5S. The van der Waals surface area contributed by atoms with E-state index in [0.29, 0.717) is 17.2 Å². The van der Waals surface area contributed by atoms with Gasteiger partial charge in [0.15, 0.2) is 11.5 Å². The Balaban J connectivity index is 2.24. The predicted octanol–water partition coefficient (Wildman–Crippen LogP) is 4.59. The third-order valence-corrected chi connectivity index (χ3v) is 5.97. The normalized spacial score (nSPS) is 17.1. The molecule has 1 aliphatic heterocycles. The summed E-state index contributed by atoms with van der Waals surface area (Å²) in [7, 11) is 3.05. The van der Waals surface area contributed by atoms with Crippen molar-refractivity contribution in [3.63, 3.8) is 0 Å². The fourth-order valence-electron chi connectivity index (χ4n) is 3.35. The van der Waals surface area contributed by atoms with Gasteiger partial charge in [-0.1, -0.05) is 20.8 Å². The lowest BCUT2D eigenvalue weighted by atomic mass is 9.83. The first-order valence-electron chi connectivity index (χ1n) is 9.18. The van der Waals surface area contributed by atoms with Crippen LogP contribution in [0.2, 0.25) is 0 Å². The van der Waals surface area contributed by atoms with Crippen molar-refractivity contribution in [1.29, 1.82) is 0 Å². The van der Waals surface area contributed by atoms with Gasteiger partial charge in [-0.3, -0.25) is 14.5 Å². The van der Waals surface area contributed by atoms with Gasteiger partial charge in [0.2, 0.25) is 0 Å². The van der Waals surface area contributed by atoms with Gasteiger partial charge in [-0.25, -0.2) is 0 Å². The molecule has 3 rings (SSSR count). The van der Waals surface area contributed by atoms with Gasteiger partial charge in [0.05, 0.1) is 25.5 Å². The van der Waals surface area contributed by atoms with Gasteiger partial charge < -0.3 is 14.6 Å². The number of nitrogens with zero attached hydrogens (tertiary/aromatic N) is 1. The number of anilines is 1. The highest BCUT2D eigenvalue weighted by molar-refractivity contribution is 7.10. The van der Waals surface area contributed by atoms with Crippen LogP contribution in [0.1, 0.15) is 37.3 Å². The fraction of sp³-hybridized carbons (Fsp3) is 0.364. The Morgan fingerprint density at radius 1 is 1.14 bits per heavy atom. The number of aryl methyl sites for hydroxylation is 1. The van der Waals surface area contributed by atoms with Crippen LogP contribution in [-0.2, 0) is 9.59 Å². The topological polar surface area (TPSA) is 76.1 Å². The highest BCUT2D eigenvalue weighted by atomic mass is 32.1. The van der Waals surface area contributed by atoms with E-state index in [2.05, 4.69) is 0 Å². The minimum atomic E-state index is -0.755. The number of rotatable bonds is 5. The maximum Gasteiger partial charge on any atom is 0.294 e. The molecule has 1 aromatic heterocycles. The Kier molecular flexibility index (Phi) is 5.45. The van der Waals surface area contributed by atoms with Gasteiger partial charge in [0, 0.05) is 28.5 Å². The first-order valence-corrected chi connectivity index (χ1v) is 10.1. The quantitative estimate of drug-likeness (QED) is 0.773. The monoisotopic (exact) mass is 415 g/mol. The summed E-state index contributed by atoms with van der Waals surface area (Å²) in [5.41, 5.74) is 0.790. The minimum absolute atomic E-state index is 0.120. The molecular weight excluding hydrogens is 390 g/mol. The molecule has 0 radical (unpaired) electrons. The number of benzene rings is 1. The molecule has 7 heteroatoms. The number of methoxy groups -OCH3 is 2. The number of hydrogen-bond acceptors (Lipinski definition) is 6. The number of carbonyl (C=O) groups excluding carboxylic acids is 2. The summed E-state index contributed by atoms with van der Waals surface area (Å²) in [6.07, 6.45) is 0. The van der Waals surface area contributed by atoms with Gasteiger partial charge in [0.25, 0.3) is 5.91 Å². The van der Waals surface area contributed by atoms with E-state index in [1.807, 2.05) is 18.4 Å². The lowest BCUT2D eigenvalue weighted by Gasteiger charge is -2.29.